The minimum atomic E-state index is -0.308. The van der Waals surface area contributed by atoms with Crippen LogP contribution in [-0.4, -0.2) is 48.3 Å². The number of piperidine rings is 3. The van der Waals surface area contributed by atoms with Gasteiger partial charge in [-0.25, -0.2) is 4.79 Å². The average molecular weight is 418 g/mol. The van der Waals surface area contributed by atoms with Gasteiger partial charge in [-0.3, -0.25) is 4.90 Å². The number of amides is 1. The van der Waals surface area contributed by atoms with E-state index in [1.54, 1.807) is 0 Å². The molecule has 5 heterocycles. The molecule has 0 saturated carbocycles. The van der Waals surface area contributed by atoms with Crippen LogP contribution in [0.1, 0.15) is 30.9 Å². The predicted molar refractivity (Wildman–Crippen MR) is 119 cm³/mol. The van der Waals surface area contributed by atoms with Crippen LogP contribution in [0.15, 0.2) is 48.7 Å². The Morgan fingerprint density at radius 2 is 2.03 bits per heavy atom. The first-order valence-electron chi connectivity index (χ1n) is 11.3. The van der Waals surface area contributed by atoms with E-state index in [1.165, 1.54) is 5.39 Å². The maximum absolute atomic E-state index is 12.7. The van der Waals surface area contributed by atoms with Crippen LogP contribution in [0.25, 0.3) is 22.0 Å². The van der Waals surface area contributed by atoms with Gasteiger partial charge in [0.2, 0.25) is 0 Å². The number of hydrogen-bond acceptors (Lipinski definition) is 4. The molecule has 4 aliphatic heterocycles. The number of nitrogens with one attached hydrogen (secondary N) is 2. The lowest BCUT2D eigenvalue weighted by atomic mass is 9.86. The van der Waals surface area contributed by atoms with Gasteiger partial charge < -0.3 is 19.8 Å². The van der Waals surface area contributed by atoms with E-state index in [-0.39, 0.29) is 18.2 Å². The summed E-state index contributed by atoms with van der Waals surface area (Å²) in [4.78, 5) is 18.4. The molecule has 1 aromatic heterocycles. The molecule has 2 atom stereocenters. The SMILES string of the molecule is O=C(NC1CCOc2cc(-c3cccc4cc[nH]c34)ccc21)O[C@H]1CN2CCC1CC2. The van der Waals surface area contributed by atoms with Crippen molar-refractivity contribution in [1.29, 1.82) is 0 Å². The van der Waals surface area contributed by atoms with Gasteiger partial charge in [-0.15, -0.1) is 0 Å². The predicted octanol–water partition coefficient (Wildman–Crippen LogP) is 4.48. The molecule has 2 bridgehead atoms. The van der Waals surface area contributed by atoms with Crippen molar-refractivity contribution in [2.45, 2.75) is 31.4 Å². The third kappa shape index (κ3) is 3.45. The zero-order chi connectivity index (χ0) is 20.8. The molecular formula is C25H27N3O3. The molecule has 1 amide bonds. The number of aromatic amines is 1. The number of benzene rings is 2. The summed E-state index contributed by atoms with van der Waals surface area (Å²) in [6.07, 6.45) is 4.68. The summed E-state index contributed by atoms with van der Waals surface area (Å²) in [5.74, 6) is 1.34. The van der Waals surface area contributed by atoms with E-state index in [4.69, 9.17) is 9.47 Å². The van der Waals surface area contributed by atoms with Crippen LogP contribution in [0.4, 0.5) is 4.79 Å². The summed E-state index contributed by atoms with van der Waals surface area (Å²) >= 11 is 0. The Balaban J connectivity index is 1.20. The highest BCUT2D eigenvalue weighted by molar-refractivity contribution is 5.94. The zero-order valence-electron chi connectivity index (χ0n) is 17.5. The van der Waals surface area contributed by atoms with Gasteiger partial charge >= 0.3 is 6.09 Å². The summed E-state index contributed by atoms with van der Waals surface area (Å²) < 4.78 is 11.8. The smallest absolute Gasteiger partial charge is 0.407 e. The molecule has 4 aliphatic rings. The average Bonchev–Trinajstić information content (AvgIpc) is 3.29. The number of para-hydroxylation sites is 1. The van der Waals surface area contributed by atoms with Crippen molar-refractivity contribution < 1.29 is 14.3 Å². The number of fused-ring (bicyclic) bond motifs is 5. The first-order chi connectivity index (χ1) is 15.2. The van der Waals surface area contributed by atoms with E-state index >= 15 is 0 Å². The highest BCUT2D eigenvalue weighted by Crippen LogP contribution is 2.37. The van der Waals surface area contributed by atoms with Gasteiger partial charge in [-0.1, -0.05) is 30.3 Å². The lowest BCUT2D eigenvalue weighted by Gasteiger charge is -2.44. The normalized spacial score (nSPS) is 26.8. The number of rotatable bonds is 3. The van der Waals surface area contributed by atoms with Crippen molar-refractivity contribution >= 4 is 17.0 Å². The molecular weight excluding hydrogens is 390 g/mol. The molecule has 0 aliphatic carbocycles. The second-order valence-electron chi connectivity index (χ2n) is 8.92. The summed E-state index contributed by atoms with van der Waals surface area (Å²) in [5.41, 5.74) is 4.38. The van der Waals surface area contributed by atoms with Crippen LogP contribution in [0.5, 0.6) is 5.75 Å². The number of H-pyrrole nitrogens is 1. The Morgan fingerprint density at radius 3 is 2.87 bits per heavy atom. The number of hydrogen-bond donors (Lipinski definition) is 2. The fourth-order valence-electron chi connectivity index (χ4n) is 5.39. The minimum absolute atomic E-state index is 0.0190. The van der Waals surface area contributed by atoms with Crippen molar-refractivity contribution in [3.05, 3.63) is 54.2 Å². The zero-order valence-corrected chi connectivity index (χ0v) is 17.5. The lowest BCUT2D eigenvalue weighted by molar-refractivity contribution is -0.0342. The quantitative estimate of drug-likeness (QED) is 0.660. The van der Waals surface area contributed by atoms with Crippen LogP contribution in [-0.2, 0) is 4.74 Å². The first-order valence-corrected chi connectivity index (χ1v) is 11.3. The van der Waals surface area contributed by atoms with Gasteiger partial charge in [-0.05, 0) is 54.9 Å². The molecule has 1 unspecified atom stereocenters. The fourth-order valence-corrected chi connectivity index (χ4v) is 5.39. The second-order valence-corrected chi connectivity index (χ2v) is 8.92. The summed E-state index contributed by atoms with van der Waals surface area (Å²) in [6.45, 7) is 3.72. The van der Waals surface area contributed by atoms with E-state index in [1.807, 2.05) is 6.20 Å². The van der Waals surface area contributed by atoms with Gasteiger partial charge in [0.15, 0.2) is 0 Å². The van der Waals surface area contributed by atoms with Crippen LogP contribution in [0.2, 0.25) is 0 Å². The molecule has 3 aromatic rings. The van der Waals surface area contributed by atoms with Crippen molar-refractivity contribution in [2.75, 3.05) is 26.2 Å². The third-order valence-corrected chi connectivity index (χ3v) is 7.10. The monoisotopic (exact) mass is 417 g/mol. The van der Waals surface area contributed by atoms with E-state index in [0.717, 1.165) is 66.9 Å². The number of aromatic nitrogens is 1. The summed E-state index contributed by atoms with van der Waals surface area (Å²) in [7, 11) is 0. The number of carbonyl (C=O) groups excluding carboxylic acids is 1. The maximum Gasteiger partial charge on any atom is 0.407 e. The van der Waals surface area contributed by atoms with Crippen molar-refractivity contribution in [1.82, 2.24) is 15.2 Å². The van der Waals surface area contributed by atoms with Crippen molar-refractivity contribution in [3.63, 3.8) is 0 Å². The van der Waals surface area contributed by atoms with Crippen molar-refractivity contribution in [2.24, 2.45) is 5.92 Å². The van der Waals surface area contributed by atoms with Gasteiger partial charge in [-0.2, -0.15) is 0 Å². The van der Waals surface area contributed by atoms with Gasteiger partial charge in [0, 0.05) is 30.3 Å². The van der Waals surface area contributed by atoms with Crippen LogP contribution >= 0.6 is 0 Å². The minimum Gasteiger partial charge on any atom is -0.493 e. The molecule has 6 heteroatoms. The largest absolute Gasteiger partial charge is 0.493 e. The van der Waals surface area contributed by atoms with Crippen LogP contribution < -0.4 is 10.1 Å². The molecule has 7 rings (SSSR count). The van der Waals surface area contributed by atoms with E-state index in [9.17, 15) is 4.79 Å². The summed E-state index contributed by atoms with van der Waals surface area (Å²) in [5, 5.41) is 4.29. The second kappa shape index (κ2) is 7.61. The molecule has 0 radical (unpaired) electrons. The Kier molecular flexibility index (Phi) is 4.60. The summed E-state index contributed by atoms with van der Waals surface area (Å²) in [6, 6.07) is 14.5. The van der Waals surface area contributed by atoms with E-state index < -0.39 is 0 Å². The van der Waals surface area contributed by atoms with E-state index in [0.29, 0.717) is 12.5 Å². The molecule has 6 nitrogen and oxygen atoms in total. The standard InChI is InChI=1S/C25H27N3O3/c29-25(31-23-15-28-11-7-16(23)8-12-28)27-21-9-13-30-22-14-18(4-5-20(21)22)19-3-1-2-17-6-10-26-24(17)19/h1-6,10,14,16,21,23,26H,7-9,11-13,15H2,(H,27,29)/t21?,23-/m0/s1. The third-order valence-electron chi connectivity index (χ3n) is 7.10. The van der Waals surface area contributed by atoms with Gasteiger partial charge in [0.1, 0.15) is 11.9 Å². The van der Waals surface area contributed by atoms with Gasteiger partial charge in [0.05, 0.1) is 18.2 Å². The Bertz CT molecular complexity index is 1120. The Labute approximate surface area is 181 Å². The molecule has 31 heavy (non-hydrogen) atoms. The molecule has 0 spiro atoms. The topological polar surface area (TPSA) is 66.6 Å². The van der Waals surface area contributed by atoms with Crippen LogP contribution in [0, 0.1) is 5.92 Å². The first kappa shape index (κ1) is 18.8. The molecule has 160 valence electrons. The fraction of sp³-hybridized carbons (Fsp3) is 0.400. The molecule has 2 aromatic carbocycles. The van der Waals surface area contributed by atoms with Crippen LogP contribution in [0.3, 0.4) is 0 Å². The highest BCUT2D eigenvalue weighted by atomic mass is 16.6. The van der Waals surface area contributed by atoms with Gasteiger partial charge in [0.25, 0.3) is 0 Å². The number of ether oxygens (including phenoxy) is 2. The maximum atomic E-state index is 12.7. The highest BCUT2D eigenvalue weighted by Gasteiger charge is 2.37. The molecule has 3 saturated heterocycles. The Hall–Kier alpha value is -2.99. The number of nitrogens with zero attached hydrogens (tertiary/aromatic N) is 1. The van der Waals surface area contributed by atoms with Crippen molar-refractivity contribution in [3.8, 4) is 16.9 Å². The van der Waals surface area contributed by atoms with E-state index in [2.05, 4.69) is 57.7 Å². The molecule has 3 fully saturated rings. The Morgan fingerprint density at radius 1 is 1.13 bits per heavy atom. The lowest BCUT2D eigenvalue weighted by Crippen LogP contribution is -2.52. The molecule has 2 N–H and O–H groups in total. The number of alkyl carbamates (subject to hydrolysis) is 1. The number of carbonyl (C=O) groups is 1.